The van der Waals surface area contributed by atoms with Crippen LogP contribution in [0.2, 0.25) is 0 Å². The van der Waals surface area contributed by atoms with E-state index in [2.05, 4.69) is 26.2 Å². The molecule has 0 unspecified atom stereocenters. The highest BCUT2D eigenvalue weighted by Crippen LogP contribution is 2.55. The molecule has 1 N–H and O–H groups in total. The van der Waals surface area contributed by atoms with Crippen molar-refractivity contribution in [3.63, 3.8) is 0 Å². The molecule has 2 aliphatic heterocycles. The average molecular weight is 480 g/mol. The number of hydrogen-bond donors (Lipinski definition) is 1. The minimum absolute atomic E-state index is 0.158. The number of likely N-dealkylation sites (N-methyl/N-ethyl adjacent to an activating group) is 1. The number of nitrogens with one attached hydrogen (secondary N) is 1. The number of anilines is 1. The van der Waals surface area contributed by atoms with E-state index in [0.29, 0.717) is 17.8 Å². The van der Waals surface area contributed by atoms with Crippen molar-refractivity contribution < 1.29 is 14.0 Å². The third kappa shape index (κ3) is 2.95. The zero-order chi connectivity index (χ0) is 21.8. The topological polar surface area (TPSA) is 62.3 Å². The van der Waals surface area contributed by atoms with Crippen LogP contribution in [-0.4, -0.2) is 35.2 Å². The van der Waals surface area contributed by atoms with Crippen molar-refractivity contribution in [3.05, 3.63) is 94.0 Å². The second-order valence-corrected chi connectivity index (χ2v) is 8.95. The van der Waals surface area contributed by atoms with Gasteiger partial charge < -0.3 is 5.32 Å². The summed E-state index contributed by atoms with van der Waals surface area (Å²) in [4.78, 5) is 33.5. The SMILES string of the molecule is CN1C[C@H](c2ccc(F)cc2)[C@H](C(=O)c2cccnc2)[C@@]12C(=O)Nc1ccc(Br)cc12. The first-order valence-electron chi connectivity index (χ1n) is 9.95. The zero-order valence-electron chi connectivity index (χ0n) is 16.7. The molecule has 0 aliphatic carbocycles. The molecule has 0 bridgehead atoms. The van der Waals surface area contributed by atoms with Crippen molar-refractivity contribution >= 4 is 33.3 Å². The van der Waals surface area contributed by atoms with Gasteiger partial charge in [0.05, 0.1) is 5.92 Å². The normalized spacial score (nSPS) is 24.9. The van der Waals surface area contributed by atoms with Gasteiger partial charge in [0.1, 0.15) is 11.4 Å². The number of halogens is 2. The number of nitrogens with zero attached hydrogens (tertiary/aromatic N) is 2. The predicted molar refractivity (Wildman–Crippen MR) is 118 cm³/mol. The van der Waals surface area contributed by atoms with E-state index < -0.39 is 11.5 Å². The number of carbonyl (C=O) groups excluding carboxylic acids is 2. The lowest BCUT2D eigenvalue weighted by Crippen LogP contribution is -2.51. The molecule has 3 heterocycles. The Morgan fingerprint density at radius 2 is 2.00 bits per heavy atom. The van der Waals surface area contributed by atoms with E-state index in [1.54, 1.807) is 30.5 Å². The van der Waals surface area contributed by atoms with Gasteiger partial charge in [-0.3, -0.25) is 19.5 Å². The van der Waals surface area contributed by atoms with Crippen molar-refractivity contribution in [1.82, 2.24) is 9.88 Å². The molecule has 5 nitrogen and oxygen atoms in total. The van der Waals surface area contributed by atoms with Crippen LogP contribution in [0.1, 0.15) is 27.4 Å². The third-order valence-corrected chi connectivity index (χ3v) is 6.93. The van der Waals surface area contributed by atoms with Gasteiger partial charge in [-0.1, -0.05) is 28.1 Å². The Morgan fingerprint density at radius 3 is 2.71 bits per heavy atom. The van der Waals surface area contributed by atoms with E-state index in [0.717, 1.165) is 15.6 Å². The van der Waals surface area contributed by atoms with Gasteiger partial charge in [0, 0.05) is 46.1 Å². The number of ketones is 1. The summed E-state index contributed by atoms with van der Waals surface area (Å²) in [6, 6.07) is 15.2. The smallest absolute Gasteiger partial charge is 0.250 e. The Balaban J connectivity index is 1.74. The fourth-order valence-corrected chi connectivity index (χ4v) is 5.47. The molecule has 0 saturated carbocycles. The summed E-state index contributed by atoms with van der Waals surface area (Å²) in [7, 11) is 1.86. The van der Waals surface area contributed by atoms with Crippen molar-refractivity contribution in [2.45, 2.75) is 11.5 Å². The average Bonchev–Trinajstić information content (AvgIpc) is 3.24. The number of pyridine rings is 1. The number of aromatic nitrogens is 1. The van der Waals surface area contributed by atoms with E-state index in [1.807, 2.05) is 30.1 Å². The molecule has 3 atom stereocenters. The van der Waals surface area contributed by atoms with Crippen LogP contribution in [0.15, 0.2) is 71.5 Å². The molecule has 3 aromatic rings. The van der Waals surface area contributed by atoms with Gasteiger partial charge in [0.2, 0.25) is 5.91 Å². The van der Waals surface area contributed by atoms with Gasteiger partial charge in [0.25, 0.3) is 0 Å². The van der Waals surface area contributed by atoms with Crippen LogP contribution in [0.4, 0.5) is 10.1 Å². The Hall–Kier alpha value is -2.90. The second kappa shape index (κ2) is 7.35. The molecule has 156 valence electrons. The molecular formula is C24H19BrFN3O2. The molecule has 1 spiro atoms. The first-order chi connectivity index (χ1) is 14.9. The Bertz CT molecular complexity index is 1190. The molecule has 2 aliphatic rings. The fraction of sp³-hybridized carbons (Fsp3) is 0.208. The lowest BCUT2D eigenvalue weighted by atomic mass is 9.70. The second-order valence-electron chi connectivity index (χ2n) is 8.03. The summed E-state index contributed by atoms with van der Waals surface area (Å²) in [5.41, 5.74) is 1.56. The quantitative estimate of drug-likeness (QED) is 0.566. The van der Waals surface area contributed by atoms with E-state index in [-0.39, 0.29) is 23.4 Å². The number of hydrogen-bond acceptors (Lipinski definition) is 4. The predicted octanol–water partition coefficient (Wildman–Crippen LogP) is 4.36. The first kappa shape index (κ1) is 20.0. The van der Waals surface area contributed by atoms with Gasteiger partial charge in [-0.15, -0.1) is 0 Å². The fourth-order valence-electron chi connectivity index (χ4n) is 5.11. The van der Waals surface area contributed by atoms with Crippen LogP contribution in [0.25, 0.3) is 0 Å². The highest BCUT2D eigenvalue weighted by atomic mass is 79.9. The van der Waals surface area contributed by atoms with E-state index >= 15 is 0 Å². The lowest BCUT2D eigenvalue weighted by molar-refractivity contribution is -0.126. The maximum Gasteiger partial charge on any atom is 0.250 e. The maximum atomic E-state index is 13.9. The number of rotatable bonds is 3. The number of benzene rings is 2. The summed E-state index contributed by atoms with van der Waals surface area (Å²) in [5.74, 6) is -1.73. The molecule has 1 amide bonds. The highest BCUT2D eigenvalue weighted by Gasteiger charge is 2.64. The van der Waals surface area contributed by atoms with Gasteiger partial charge in [0.15, 0.2) is 5.78 Å². The van der Waals surface area contributed by atoms with Crippen LogP contribution >= 0.6 is 15.9 Å². The van der Waals surface area contributed by atoms with Crippen molar-refractivity contribution in [1.29, 1.82) is 0 Å². The summed E-state index contributed by atoms with van der Waals surface area (Å²) in [6.07, 6.45) is 3.14. The molecular weight excluding hydrogens is 461 g/mol. The minimum atomic E-state index is -1.18. The van der Waals surface area contributed by atoms with Crippen molar-refractivity contribution in [2.24, 2.45) is 5.92 Å². The summed E-state index contributed by atoms with van der Waals surface area (Å²) >= 11 is 3.51. The Kier molecular flexibility index (Phi) is 4.75. The van der Waals surface area contributed by atoms with Crippen LogP contribution in [-0.2, 0) is 10.3 Å². The molecule has 5 rings (SSSR count). The van der Waals surface area contributed by atoms with Crippen molar-refractivity contribution in [2.75, 3.05) is 18.9 Å². The third-order valence-electron chi connectivity index (χ3n) is 6.44. The van der Waals surface area contributed by atoms with Gasteiger partial charge in [-0.05, 0) is 55.1 Å². The Labute approximate surface area is 187 Å². The molecule has 1 fully saturated rings. The van der Waals surface area contributed by atoms with Gasteiger partial charge >= 0.3 is 0 Å². The molecule has 1 saturated heterocycles. The minimum Gasteiger partial charge on any atom is -0.324 e. The molecule has 0 radical (unpaired) electrons. The van der Waals surface area contributed by atoms with E-state index in [9.17, 15) is 14.0 Å². The number of fused-ring (bicyclic) bond motifs is 2. The number of likely N-dealkylation sites (tertiary alicyclic amines) is 1. The largest absolute Gasteiger partial charge is 0.324 e. The van der Waals surface area contributed by atoms with Crippen LogP contribution < -0.4 is 5.32 Å². The Morgan fingerprint density at radius 1 is 1.23 bits per heavy atom. The zero-order valence-corrected chi connectivity index (χ0v) is 18.3. The van der Waals surface area contributed by atoms with Crippen molar-refractivity contribution in [3.8, 4) is 0 Å². The number of Topliss-reactive ketones (excluding diaryl/α,β-unsaturated/α-hetero) is 1. The van der Waals surface area contributed by atoms with Crippen LogP contribution in [0, 0.1) is 11.7 Å². The van der Waals surface area contributed by atoms with Gasteiger partial charge in [-0.25, -0.2) is 4.39 Å². The molecule has 2 aromatic carbocycles. The monoisotopic (exact) mass is 479 g/mol. The van der Waals surface area contributed by atoms with Crippen LogP contribution in [0.3, 0.4) is 0 Å². The first-order valence-corrected chi connectivity index (χ1v) is 10.7. The van der Waals surface area contributed by atoms with Gasteiger partial charge in [-0.2, -0.15) is 0 Å². The number of carbonyl (C=O) groups is 2. The van der Waals surface area contributed by atoms with E-state index in [1.165, 1.54) is 18.3 Å². The highest BCUT2D eigenvalue weighted by molar-refractivity contribution is 9.10. The summed E-state index contributed by atoms with van der Waals surface area (Å²) in [5, 5.41) is 2.98. The lowest BCUT2D eigenvalue weighted by Gasteiger charge is -2.35. The van der Waals surface area contributed by atoms with E-state index in [4.69, 9.17) is 0 Å². The maximum absolute atomic E-state index is 13.9. The molecule has 31 heavy (non-hydrogen) atoms. The molecule has 7 heteroatoms. The van der Waals surface area contributed by atoms with Crippen LogP contribution in [0.5, 0.6) is 0 Å². The number of amides is 1. The standard InChI is InChI=1S/C24H19BrFN3O2/c1-29-13-18(14-4-7-17(26)8-5-14)21(22(30)15-3-2-10-27-12-15)24(29)19-11-16(25)6-9-20(19)28-23(24)31/h2-12,18,21H,13H2,1H3,(H,28,31)/t18-,21-,24+/m1/s1. The summed E-state index contributed by atoms with van der Waals surface area (Å²) < 4.78 is 14.4. The molecule has 1 aromatic heterocycles. The summed E-state index contributed by atoms with van der Waals surface area (Å²) in [6.45, 7) is 0.474.